The van der Waals surface area contributed by atoms with E-state index >= 15 is 0 Å². The summed E-state index contributed by atoms with van der Waals surface area (Å²) in [6.07, 6.45) is 6.29. The summed E-state index contributed by atoms with van der Waals surface area (Å²) in [6, 6.07) is 9.54. The predicted octanol–water partition coefficient (Wildman–Crippen LogP) is 2.20. The van der Waals surface area contributed by atoms with Crippen molar-refractivity contribution in [2.75, 3.05) is 12.8 Å². The largest absolute Gasteiger partial charge is 0.340 e. The second kappa shape index (κ2) is 4.85. The standard InChI is InChI=1S/C12H17NS/c1-14-12-8-3-2-6-10(12)11-7-4-5-9-13-11/h2-3,6,8,11,13H,4-5,7,9H2,1H3/p+1/t11-/m0/s1. The van der Waals surface area contributed by atoms with Gasteiger partial charge in [0.05, 0.1) is 6.54 Å². The van der Waals surface area contributed by atoms with Gasteiger partial charge in [0.2, 0.25) is 0 Å². The molecule has 0 spiro atoms. The molecule has 2 heteroatoms. The van der Waals surface area contributed by atoms with Crippen LogP contribution in [0, 0.1) is 0 Å². The Balaban J connectivity index is 2.20. The van der Waals surface area contributed by atoms with E-state index in [9.17, 15) is 0 Å². The molecule has 0 aliphatic carbocycles. The quantitative estimate of drug-likeness (QED) is 0.737. The van der Waals surface area contributed by atoms with Crippen LogP contribution in [-0.4, -0.2) is 12.8 Å². The van der Waals surface area contributed by atoms with Crippen molar-refractivity contribution in [3.05, 3.63) is 29.8 Å². The van der Waals surface area contributed by atoms with E-state index in [-0.39, 0.29) is 0 Å². The summed E-state index contributed by atoms with van der Waals surface area (Å²) in [5, 5.41) is 2.50. The smallest absolute Gasteiger partial charge is 0.113 e. The zero-order valence-corrected chi connectivity index (χ0v) is 9.52. The topological polar surface area (TPSA) is 16.6 Å². The summed E-state index contributed by atoms with van der Waals surface area (Å²) in [5.74, 6) is 0. The van der Waals surface area contributed by atoms with Crippen LogP contribution in [0.3, 0.4) is 0 Å². The first-order chi connectivity index (χ1) is 6.92. The molecule has 1 heterocycles. The Hall–Kier alpha value is -0.470. The normalized spacial score (nSPS) is 22.2. The van der Waals surface area contributed by atoms with Crippen molar-refractivity contribution < 1.29 is 5.32 Å². The number of piperidine rings is 1. The van der Waals surface area contributed by atoms with Gasteiger partial charge in [0.1, 0.15) is 6.04 Å². The zero-order chi connectivity index (χ0) is 9.80. The molecule has 0 saturated carbocycles. The number of nitrogens with two attached hydrogens (primary N) is 1. The van der Waals surface area contributed by atoms with Gasteiger partial charge in [-0.3, -0.25) is 0 Å². The van der Waals surface area contributed by atoms with Gasteiger partial charge in [0.15, 0.2) is 0 Å². The minimum absolute atomic E-state index is 0.715. The second-order valence-electron chi connectivity index (χ2n) is 3.87. The molecule has 0 unspecified atom stereocenters. The first-order valence-corrected chi connectivity index (χ1v) is 6.60. The lowest BCUT2D eigenvalue weighted by Gasteiger charge is -2.22. The molecular formula is C12H18NS+. The van der Waals surface area contributed by atoms with E-state index in [2.05, 4.69) is 35.8 Å². The average molecular weight is 208 g/mol. The zero-order valence-electron chi connectivity index (χ0n) is 8.70. The third-order valence-electron chi connectivity index (χ3n) is 2.96. The molecule has 14 heavy (non-hydrogen) atoms. The van der Waals surface area contributed by atoms with Gasteiger partial charge in [-0.2, -0.15) is 0 Å². The molecule has 0 radical (unpaired) electrons. The van der Waals surface area contributed by atoms with Crippen LogP contribution in [0.2, 0.25) is 0 Å². The fourth-order valence-electron chi connectivity index (χ4n) is 2.20. The fraction of sp³-hybridized carbons (Fsp3) is 0.500. The van der Waals surface area contributed by atoms with Crippen LogP contribution >= 0.6 is 11.8 Å². The highest BCUT2D eigenvalue weighted by molar-refractivity contribution is 7.98. The predicted molar refractivity (Wildman–Crippen MR) is 61.6 cm³/mol. The summed E-state index contributed by atoms with van der Waals surface area (Å²) in [6.45, 7) is 1.30. The molecule has 1 aromatic rings. The monoisotopic (exact) mass is 208 g/mol. The Morgan fingerprint density at radius 1 is 1.29 bits per heavy atom. The van der Waals surface area contributed by atoms with Crippen molar-refractivity contribution in [1.29, 1.82) is 0 Å². The maximum Gasteiger partial charge on any atom is 0.113 e. The SMILES string of the molecule is CSc1ccccc1[C@@H]1CCCC[NH2+]1. The summed E-state index contributed by atoms with van der Waals surface area (Å²) >= 11 is 1.87. The number of quaternary nitrogens is 1. The summed E-state index contributed by atoms with van der Waals surface area (Å²) in [4.78, 5) is 1.45. The van der Waals surface area contributed by atoms with Crippen molar-refractivity contribution in [3.8, 4) is 0 Å². The van der Waals surface area contributed by atoms with Gasteiger partial charge in [-0.25, -0.2) is 0 Å². The van der Waals surface area contributed by atoms with E-state index in [1.54, 1.807) is 5.56 Å². The molecule has 1 aliphatic heterocycles. The van der Waals surface area contributed by atoms with Gasteiger partial charge in [0, 0.05) is 16.9 Å². The Kier molecular flexibility index (Phi) is 3.49. The highest BCUT2D eigenvalue weighted by Gasteiger charge is 2.20. The molecule has 1 atom stereocenters. The van der Waals surface area contributed by atoms with Gasteiger partial charge in [0.25, 0.3) is 0 Å². The van der Waals surface area contributed by atoms with Gasteiger partial charge in [-0.1, -0.05) is 18.2 Å². The summed E-state index contributed by atoms with van der Waals surface area (Å²) in [7, 11) is 0. The molecule has 1 nitrogen and oxygen atoms in total. The first kappa shape index (κ1) is 10.1. The minimum Gasteiger partial charge on any atom is -0.340 e. The second-order valence-corrected chi connectivity index (χ2v) is 4.72. The third-order valence-corrected chi connectivity index (χ3v) is 3.77. The number of thioether (sulfide) groups is 1. The lowest BCUT2D eigenvalue weighted by atomic mass is 9.98. The molecule has 1 aromatic carbocycles. The summed E-state index contributed by atoms with van der Waals surface area (Å²) in [5.41, 5.74) is 1.54. The molecule has 76 valence electrons. The van der Waals surface area contributed by atoms with E-state index in [0.29, 0.717) is 6.04 Å². The van der Waals surface area contributed by atoms with Crippen molar-refractivity contribution >= 4 is 11.8 Å². The molecule has 2 N–H and O–H groups in total. The van der Waals surface area contributed by atoms with Gasteiger partial charge >= 0.3 is 0 Å². The third kappa shape index (κ3) is 2.12. The molecular weight excluding hydrogens is 190 g/mol. The highest BCUT2D eigenvalue weighted by Crippen LogP contribution is 2.27. The molecule has 0 bridgehead atoms. The Labute approximate surface area is 90.3 Å². The van der Waals surface area contributed by atoms with Crippen LogP contribution in [0.4, 0.5) is 0 Å². The van der Waals surface area contributed by atoms with Gasteiger partial charge in [-0.05, 0) is 25.2 Å². The van der Waals surface area contributed by atoms with Crippen molar-refractivity contribution in [2.24, 2.45) is 0 Å². The molecule has 1 fully saturated rings. The Morgan fingerprint density at radius 2 is 2.14 bits per heavy atom. The summed E-state index contributed by atoms with van der Waals surface area (Å²) < 4.78 is 0. The highest BCUT2D eigenvalue weighted by atomic mass is 32.2. The van der Waals surface area contributed by atoms with Crippen molar-refractivity contribution in [1.82, 2.24) is 0 Å². The van der Waals surface area contributed by atoms with Gasteiger partial charge in [-0.15, -0.1) is 11.8 Å². The van der Waals surface area contributed by atoms with Crippen molar-refractivity contribution in [2.45, 2.75) is 30.2 Å². The maximum atomic E-state index is 2.50. The van der Waals surface area contributed by atoms with Crippen LogP contribution < -0.4 is 5.32 Å². The van der Waals surface area contributed by atoms with E-state index in [0.717, 1.165) is 0 Å². The van der Waals surface area contributed by atoms with Crippen LogP contribution in [0.1, 0.15) is 30.9 Å². The van der Waals surface area contributed by atoms with Crippen LogP contribution in [-0.2, 0) is 0 Å². The Morgan fingerprint density at radius 3 is 2.86 bits per heavy atom. The molecule has 0 aromatic heterocycles. The van der Waals surface area contributed by atoms with E-state index in [4.69, 9.17) is 0 Å². The minimum atomic E-state index is 0.715. The van der Waals surface area contributed by atoms with Crippen LogP contribution in [0.5, 0.6) is 0 Å². The molecule has 2 rings (SSSR count). The van der Waals surface area contributed by atoms with E-state index in [1.807, 2.05) is 11.8 Å². The van der Waals surface area contributed by atoms with Crippen LogP contribution in [0.15, 0.2) is 29.2 Å². The van der Waals surface area contributed by atoms with Crippen LogP contribution in [0.25, 0.3) is 0 Å². The first-order valence-electron chi connectivity index (χ1n) is 5.38. The molecule has 0 amide bonds. The average Bonchev–Trinajstić information content (AvgIpc) is 2.30. The lowest BCUT2D eigenvalue weighted by molar-refractivity contribution is -0.704. The molecule has 1 aliphatic rings. The Bertz CT molecular complexity index is 292. The maximum absolute atomic E-state index is 2.50. The number of benzene rings is 1. The lowest BCUT2D eigenvalue weighted by Crippen LogP contribution is -2.86. The van der Waals surface area contributed by atoms with Crippen molar-refractivity contribution in [3.63, 3.8) is 0 Å². The number of hydrogen-bond acceptors (Lipinski definition) is 1. The molecule has 1 saturated heterocycles. The number of rotatable bonds is 2. The number of hydrogen-bond donors (Lipinski definition) is 1. The van der Waals surface area contributed by atoms with E-state index < -0.39 is 0 Å². The van der Waals surface area contributed by atoms with Gasteiger partial charge < -0.3 is 5.32 Å². The fourth-order valence-corrected chi connectivity index (χ4v) is 2.87. The van der Waals surface area contributed by atoms with E-state index in [1.165, 1.54) is 30.7 Å².